The molecule has 1 fully saturated rings. The van der Waals surface area contributed by atoms with Crippen LogP contribution in [-0.4, -0.2) is 16.8 Å². The first kappa shape index (κ1) is 16.7. The molecule has 1 aliphatic rings. The number of anilines is 1. The molecule has 2 aromatic rings. The first-order valence-corrected chi connectivity index (χ1v) is 8.89. The van der Waals surface area contributed by atoms with E-state index in [-0.39, 0.29) is 5.91 Å². The first-order chi connectivity index (χ1) is 11.6. The maximum Gasteiger partial charge on any atom is 0.270 e. The van der Waals surface area contributed by atoms with Gasteiger partial charge in [0.05, 0.1) is 17.2 Å². The van der Waals surface area contributed by atoms with Crippen LogP contribution in [0.25, 0.3) is 0 Å². The highest BCUT2D eigenvalue weighted by Crippen LogP contribution is 2.34. The maximum atomic E-state index is 12.0. The number of hydrogen-bond donors (Lipinski definition) is 0. The van der Waals surface area contributed by atoms with E-state index < -0.39 is 0 Å². The molecule has 0 bridgehead atoms. The summed E-state index contributed by atoms with van der Waals surface area (Å²) >= 11 is 6.45. The lowest BCUT2D eigenvalue weighted by Gasteiger charge is -2.15. The van der Waals surface area contributed by atoms with Crippen molar-refractivity contribution < 1.29 is 9.53 Å². The molecule has 0 saturated carbocycles. The number of nitrogens with zero attached hydrogens (tertiary/aromatic N) is 1. The second-order valence-electron chi connectivity index (χ2n) is 5.36. The topological polar surface area (TPSA) is 29.5 Å². The van der Waals surface area contributed by atoms with E-state index in [2.05, 4.69) is 18.7 Å². The van der Waals surface area contributed by atoms with Crippen LogP contribution in [0.15, 0.2) is 66.1 Å². The van der Waals surface area contributed by atoms with Crippen LogP contribution in [0.1, 0.15) is 12.0 Å². The molecule has 3 rings (SSSR count). The third kappa shape index (κ3) is 3.86. The summed E-state index contributed by atoms with van der Waals surface area (Å²) < 4.78 is 6.28. The molecule has 0 aliphatic carbocycles. The van der Waals surface area contributed by atoms with Gasteiger partial charge >= 0.3 is 0 Å². The van der Waals surface area contributed by atoms with E-state index in [4.69, 9.17) is 17.0 Å². The zero-order valence-corrected chi connectivity index (χ0v) is 14.7. The third-order valence-corrected chi connectivity index (χ3v) is 4.86. The minimum Gasteiger partial charge on any atom is -0.494 e. The van der Waals surface area contributed by atoms with Gasteiger partial charge in [-0.15, -0.1) is 0 Å². The molecule has 2 aromatic carbocycles. The molecule has 0 atom stereocenters. The molecule has 1 amide bonds. The zero-order chi connectivity index (χ0) is 16.9. The Balaban J connectivity index is 1.52. The number of carbonyl (C=O) groups is 1. The van der Waals surface area contributed by atoms with Gasteiger partial charge in [-0.05, 0) is 42.7 Å². The van der Waals surface area contributed by atoms with Gasteiger partial charge in [-0.3, -0.25) is 9.69 Å². The Kier molecular flexibility index (Phi) is 5.33. The lowest BCUT2D eigenvalue weighted by atomic mass is 10.1. The van der Waals surface area contributed by atoms with Gasteiger partial charge in [0.1, 0.15) is 5.75 Å². The van der Waals surface area contributed by atoms with Gasteiger partial charge in [-0.25, -0.2) is 0 Å². The van der Waals surface area contributed by atoms with Crippen LogP contribution in [0.5, 0.6) is 5.75 Å². The van der Waals surface area contributed by atoms with Crippen molar-refractivity contribution in [1.29, 1.82) is 0 Å². The number of amides is 1. The summed E-state index contributed by atoms with van der Waals surface area (Å²) in [5.41, 5.74) is 2.06. The minimum atomic E-state index is -0.151. The Morgan fingerprint density at radius 3 is 2.42 bits per heavy atom. The summed E-state index contributed by atoms with van der Waals surface area (Å²) in [6, 6.07) is 17.8. The van der Waals surface area contributed by atoms with Crippen LogP contribution in [0.4, 0.5) is 5.69 Å². The number of ether oxygens (including phenoxy) is 1. The van der Waals surface area contributed by atoms with E-state index in [0.717, 1.165) is 24.3 Å². The fourth-order valence-corrected chi connectivity index (χ4v) is 3.59. The van der Waals surface area contributed by atoms with Crippen LogP contribution in [0.2, 0.25) is 0 Å². The van der Waals surface area contributed by atoms with E-state index >= 15 is 0 Å². The van der Waals surface area contributed by atoms with Crippen LogP contribution in [-0.2, 0) is 11.2 Å². The third-order valence-electron chi connectivity index (χ3n) is 3.65. The Morgan fingerprint density at radius 1 is 1.08 bits per heavy atom. The van der Waals surface area contributed by atoms with Gasteiger partial charge in [0.25, 0.3) is 5.91 Å². The molecule has 0 N–H and O–H groups in total. The van der Waals surface area contributed by atoms with Crippen LogP contribution in [0, 0.1) is 0 Å². The SMILES string of the molecule is C=C1SC(=S)N(c2ccc(OCCCc3ccccc3)cc2)C1=O. The van der Waals surface area contributed by atoms with Crippen LogP contribution in [0.3, 0.4) is 0 Å². The van der Waals surface area contributed by atoms with E-state index in [1.54, 1.807) is 0 Å². The van der Waals surface area contributed by atoms with Gasteiger partial charge in [0, 0.05) is 0 Å². The molecule has 0 unspecified atom stereocenters. The number of aryl methyl sites for hydroxylation is 1. The Labute approximate surface area is 151 Å². The van der Waals surface area contributed by atoms with Gasteiger partial charge in [0.2, 0.25) is 0 Å². The Morgan fingerprint density at radius 2 is 1.79 bits per heavy atom. The summed E-state index contributed by atoms with van der Waals surface area (Å²) in [6.07, 6.45) is 1.95. The van der Waals surface area contributed by atoms with E-state index in [1.165, 1.54) is 22.2 Å². The van der Waals surface area contributed by atoms with E-state index in [1.807, 2.05) is 42.5 Å². The fourth-order valence-electron chi connectivity index (χ4n) is 2.43. The highest BCUT2D eigenvalue weighted by molar-refractivity contribution is 8.27. The predicted octanol–water partition coefficient (Wildman–Crippen LogP) is 4.58. The summed E-state index contributed by atoms with van der Waals surface area (Å²) in [5.74, 6) is 0.636. The van der Waals surface area contributed by atoms with Gasteiger partial charge in [-0.1, -0.05) is 60.9 Å². The van der Waals surface area contributed by atoms with Crippen molar-refractivity contribution in [2.24, 2.45) is 0 Å². The standard InChI is InChI=1S/C19H17NO2S2/c1-14-18(21)20(19(23)24-14)16-9-11-17(12-10-16)22-13-5-8-15-6-3-2-4-7-15/h2-4,6-7,9-12H,1,5,8,13H2. The number of hydrogen-bond acceptors (Lipinski definition) is 4. The van der Waals surface area contributed by atoms with Crippen molar-refractivity contribution >= 4 is 39.9 Å². The molecule has 0 spiro atoms. The first-order valence-electron chi connectivity index (χ1n) is 7.67. The van der Waals surface area contributed by atoms with Crippen molar-refractivity contribution in [3.8, 4) is 5.75 Å². The Hall–Kier alpha value is -2.11. The van der Waals surface area contributed by atoms with Crippen molar-refractivity contribution in [3.05, 3.63) is 71.6 Å². The number of carbonyl (C=O) groups excluding carboxylic acids is 1. The van der Waals surface area contributed by atoms with E-state index in [9.17, 15) is 4.79 Å². The lowest BCUT2D eigenvalue weighted by Crippen LogP contribution is -2.27. The predicted molar refractivity (Wildman–Crippen MR) is 104 cm³/mol. The van der Waals surface area contributed by atoms with Gasteiger partial charge in [-0.2, -0.15) is 0 Å². The largest absolute Gasteiger partial charge is 0.494 e. The molecular formula is C19H17NO2S2. The molecule has 5 heteroatoms. The monoisotopic (exact) mass is 355 g/mol. The summed E-state index contributed by atoms with van der Waals surface area (Å²) in [6.45, 7) is 4.37. The van der Waals surface area contributed by atoms with Gasteiger partial charge < -0.3 is 4.74 Å². The molecule has 0 radical (unpaired) electrons. The molecule has 24 heavy (non-hydrogen) atoms. The normalized spacial score (nSPS) is 14.3. The van der Waals surface area contributed by atoms with Crippen molar-refractivity contribution in [2.75, 3.05) is 11.5 Å². The molecular weight excluding hydrogens is 338 g/mol. The second-order valence-corrected chi connectivity index (χ2v) is 7.09. The van der Waals surface area contributed by atoms with Crippen molar-refractivity contribution in [3.63, 3.8) is 0 Å². The quantitative estimate of drug-likeness (QED) is 0.431. The maximum absolute atomic E-state index is 12.0. The number of benzene rings is 2. The molecule has 1 aliphatic heterocycles. The zero-order valence-electron chi connectivity index (χ0n) is 13.1. The number of rotatable bonds is 6. The van der Waals surface area contributed by atoms with Crippen molar-refractivity contribution in [2.45, 2.75) is 12.8 Å². The summed E-state index contributed by atoms with van der Waals surface area (Å²) in [7, 11) is 0. The second kappa shape index (κ2) is 7.64. The van der Waals surface area contributed by atoms with Gasteiger partial charge in [0.15, 0.2) is 4.32 Å². The fraction of sp³-hybridized carbons (Fsp3) is 0.158. The molecule has 3 nitrogen and oxygen atoms in total. The number of thioether (sulfide) groups is 1. The average molecular weight is 355 g/mol. The van der Waals surface area contributed by atoms with Crippen molar-refractivity contribution in [1.82, 2.24) is 0 Å². The molecule has 122 valence electrons. The minimum absolute atomic E-state index is 0.151. The summed E-state index contributed by atoms with van der Waals surface area (Å²) in [4.78, 5) is 14.0. The smallest absolute Gasteiger partial charge is 0.270 e. The number of thiocarbonyl (C=S) groups is 1. The van der Waals surface area contributed by atoms with Crippen LogP contribution < -0.4 is 9.64 Å². The lowest BCUT2D eigenvalue weighted by molar-refractivity contribution is -0.113. The molecule has 1 heterocycles. The average Bonchev–Trinajstić information content (AvgIpc) is 2.86. The molecule has 1 saturated heterocycles. The summed E-state index contributed by atoms with van der Waals surface area (Å²) in [5, 5.41) is 0. The van der Waals surface area contributed by atoms with E-state index in [0.29, 0.717) is 15.8 Å². The van der Waals surface area contributed by atoms with Crippen LogP contribution >= 0.6 is 24.0 Å². The highest BCUT2D eigenvalue weighted by Gasteiger charge is 2.31. The highest BCUT2D eigenvalue weighted by atomic mass is 32.2. The molecule has 0 aromatic heterocycles. The Bertz CT molecular complexity index is 757.